The van der Waals surface area contributed by atoms with Crippen molar-refractivity contribution in [2.24, 2.45) is 11.3 Å². The van der Waals surface area contributed by atoms with Gasteiger partial charge in [-0.2, -0.15) is 0 Å². The molecule has 8 nitrogen and oxygen atoms in total. The van der Waals surface area contributed by atoms with Crippen molar-refractivity contribution < 1.29 is 39.8 Å². The second kappa shape index (κ2) is 8.91. The molecule has 2 unspecified atom stereocenters. The zero-order valence-electron chi connectivity index (χ0n) is 15.9. The lowest BCUT2D eigenvalue weighted by molar-refractivity contribution is -0.309. The van der Waals surface area contributed by atoms with E-state index in [1.165, 1.54) is 0 Å². The normalized spacial score (nSPS) is 38.1. The SMILES string of the molecule is CC1=CC(=O)CC(C)(C)C1/C=C/C(CO)O[C@@H]1O[C@H](CO)[C@@H](O)[C@H](O)[C@H]1O. The Labute approximate surface area is 158 Å². The van der Waals surface area contributed by atoms with Gasteiger partial charge in [-0.3, -0.25) is 4.79 Å². The maximum Gasteiger partial charge on any atom is 0.187 e. The second-order valence-electron chi connectivity index (χ2n) is 7.94. The van der Waals surface area contributed by atoms with Gasteiger partial charge in [-0.1, -0.05) is 31.6 Å². The van der Waals surface area contributed by atoms with Crippen LogP contribution in [0, 0.1) is 11.3 Å². The summed E-state index contributed by atoms with van der Waals surface area (Å²) in [6.45, 7) is 4.89. The molecule has 7 atom stereocenters. The topological polar surface area (TPSA) is 137 Å². The van der Waals surface area contributed by atoms with E-state index in [4.69, 9.17) is 9.47 Å². The molecule has 0 radical (unpaired) electrons. The third kappa shape index (κ3) is 5.03. The van der Waals surface area contributed by atoms with Crippen molar-refractivity contribution in [3.8, 4) is 0 Å². The monoisotopic (exact) mass is 386 g/mol. The highest BCUT2D eigenvalue weighted by molar-refractivity contribution is 5.92. The van der Waals surface area contributed by atoms with E-state index in [1.54, 1.807) is 12.2 Å². The number of rotatable bonds is 6. The molecule has 154 valence electrons. The number of hydrogen-bond donors (Lipinski definition) is 5. The summed E-state index contributed by atoms with van der Waals surface area (Å²) in [5, 5.41) is 48.5. The van der Waals surface area contributed by atoms with Crippen molar-refractivity contribution >= 4 is 5.78 Å². The van der Waals surface area contributed by atoms with Crippen LogP contribution in [0.5, 0.6) is 0 Å². The van der Waals surface area contributed by atoms with Crippen molar-refractivity contribution in [2.75, 3.05) is 13.2 Å². The summed E-state index contributed by atoms with van der Waals surface area (Å²) < 4.78 is 10.8. The molecule has 1 saturated heterocycles. The minimum absolute atomic E-state index is 0.0253. The van der Waals surface area contributed by atoms with Crippen LogP contribution < -0.4 is 0 Å². The molecule has 8 heteroatoms. The number of hydrogen-bond acceptors (Lipinski definition) is 8. The van der Waals surface area contributed by atoms with Crippen LogP contribution in [0.2, 0.25) is 0 Å². The molecule has 2 aliphatic rings. The predicted octanol–water partition coefficient (Wildman–Crippen LogP) is -0.718. The number of carbonyl (C=O) groups excluding carboxylic acids is 1. The lowest BCUT2D eigenvalue weighted by Crippen LogP contribution is -2.59. The summed E-state index contributed by atoms with van der Waals surface area (Å²) in [4.78, 5) is 11.8. The van der Waals surface area contributed by atoms with Crippen molar-refractivity contribution in [2.45, 2.75) is 64.0 Å². The zero-order valence-corrected chi connectivity index (χ0v) is 15.9. The molecule has 2 rings (SSSR count). The predicted molar refractivity (Wildman–Crippen MR) is 95.5 cm³/mol. The van der Waals surface area contributed by atoms with Crippen LogP contribution in [0.1, 0.15) is 27.2 Å². The lowest BCUT2D eigenvalue weighted by Gasteiger charge is -2.40. The van der Waals surface area contributed by atoms with Crippen LogP contribution in [-0.4, -0.2) is 81.3 Å². The summed E-state index contributed by atoms with van der Waals surface area (Å²) >= 11 is 0. The summed E-state index contributed by atoms with van der Waals surface area (Å²) in [6.07, 6.45) is -2.28. The smallest absolute Gasteiger partial charge is 0.187 e. The van der Waals surface area contributed by atoms with Crippen LogP contribution >= 0.6 is 0 Å². The first-order chi connectivity index (χ1) is 12.6. The van der Waals surface area contributed by atoms with E-state index in [2.05, 4.69) is 0 Å². The number of allylic oxidation sites excluding steroid dienone is 3. The largest absolute Gasteiger partial charge is 0.394 e. The third-order valence-electron chi connectivity index (χ3n) is 5.21. The van der Waals surface area contributed by atoms with Crippen LogP contribution in [0.25, 0.3) is 0 Å². The first-order valence-electron chi connectivity index (χ1n) is 9.07. The Morgan fingerprint density at radius 3 is 2.48 bits per heavy atom. The Balaban J connectivity index is 2.10. The Bertz CT molecular complexity index is 582. The van der Waals surface area contributed by atoms with Crippen LogP contribution in [0.3, 0.4) is 0 Å². The molecule has 1 heterocycles. The number of carbonyl (C=O) groups is 1. The van der Waals surface area contributed by atoms with E-state index in [0.717, 1.165) is 5.57 Å². The maximum atomic E-state index is 11.8. The number of aliphatic hydroxyl groups is 5. The fraction of sp³-hybridized carbons (Fsp3) is 0.737. The van der Waals surface area contributed by atoms with Gasteiger partial charge in [0.15, 0.2) is 12.1 Å². The molecular weight excluding hydrogens is 356 g/mol. The molecule has 1 aliphatic carbocycles. The summed E-state index contributed by atoms with van der Waals surface area (Å²) in [6, 6.07) is 0. The van der Waals surface area contributed by atoms with E-state index in [1.807, 2.05) is 26.8 Å². The van der Waals surface area contributed by atoms with Gasteiger partial charge in [0.05, 0.1) is 13.2 Å². The fourth-order valence-electron chi connectivity index (χ4n) is 3.72. The van der Waals surface area contributed by atoms with Gasteiger partial charge >= 0.3 is 0 Å². The van der Waals surface area contributed by atoms with E-state index in [9.17, 15) is 30.3 Å². The molecule has 27 heavy (non-hydrogen) atoms. The second-order valence-corrected chi connectivity index (χ2v) is 7.94. The van der Waals surface area contributed by atoms with Gasteiger partial charge in [-0.05, 0) is 18.4 Å². The van der Waals surface area contributed by atoms with Crippen molar-refractivity contribution in [3.63, 3.8) is 0 Å². The lowest BCUT2D eigenvalue weighted by atomic mass is 9.68. The van der Waals surface area contributed by atoms with Gasteiger partial charge in [0.1, 0.15) is 30.5 Å². The molecule has 5 N–H and O–H groups in total. The van der Waals surface area contributed by atoms with Crippen LogP contribution in [-0.2, 0) is 14.3 Å². The van der Waals surface area contributed by atoms with E-state index < -0.39 is 50.0 Å². The molecule has 0 saturated carbocycles. The third-order valence-corrected chi connectivity index (χ3v) is 5.21. The molecule has 0 aromatic carbocycles. The van der Waals surface area contributed by atoms with Crippen molar-refractivity contribution in [1.82, 2.24) is 0 Å². The summed E-state index contributed by atoms with van der Waals surface area (Å²) in [7, 11) is 0. The number of ether oxygens (including phenoxy) is 2. The van der Waals surface area contributed by atoms with Gasteiger partial charge in [0, 0.05) is 12.3 Å². The van der Waals surface area contributed by atoms with Gasteiger partial charge in [0.2, 0.25) is 0 Å². The molecular formula is C19H30O8. The van der Waals surface area contributed by atoms with Gasteiger partial charge in [-0.25, -0.2) is 0 Å². The first kappa shape index (κ1) is 22.2. The Hall–Kier alpha value is -1.13. The van der Waals surface area contributed by atoms with Crippen molar-refractivity contribution in [3.05, 3.63) is 23.8 Å². The van der Waals surface area contributed by atoms with E-state index in [0.29, 0.717) is 6.42 Å². The maximum absolute atomic E-state index is 11.8. The molecule has 0 spiro atoms. The molecule has 0 amide bonds. The van der Waals surface area contributed by atoms with Crippen LogP contribution in [0.4, 0.5) is 0 Å². The number of aliphatic hydroxyl groups excluding tert-OH is 5. The van der Waals surface area contributed by atoms with Crippen molar-refractivity contribution in [1.29, 1.82) is 0 Å². The molecule has 0 aromatic heterocycles. The molecule has 1 fully saturated rings. The quantitative estimate of drug-likeness (QED) is 0.377. The fourth-order valence-corrected chi connectivity index (χ4v) is 3.72. The standard InChI is InChI=1S/C19H30O8/c1-10-6-11(22)7-19(2,3)13(10)5-4-12(8-20)26-18-17(25)16(24)15(23)14(9-21)27-18/h4-6,12-18,20-21,23-25H,7-9H2,1-3H3/b5-4+/t12?,13?,14-,15-,16+,17-,18-/m1/s1. The van der Waals surface area contributed by atoms with Gasteiger partial charge in [-0.15, -0.1) is 0 Å². The minimum atomic E-state index is -1.54. The van der Waals surface area contributed by atoms with Gasteiger partial charge in [0.25, 0.3) is 0 Å². The first-order valence-corrected chi connectivity index (χ1v) is 9.07. The zero-order chi connectivity index (χ0) is 20.4. The Morgan fingerprint density at radius 2 is 1.93 bits per heavy atom. The molecule has 1 aliphatic heterocycles. The highest BCUT2D eigenvalue weighted by Crippen LogP contribution is 2.40. The molecule has 0 aromatic rings. The average molecular weight is 386 g/mol. The Kier molecular flexibility index (Phi) is 7.32. The van der Waals surface area contributed by atoms with E-state index in [-0.39, 0.29) is 17.1 Å². The van der Waals surface area contributed by atoms with E-state index >= 15 is 0 Å². The highest BCUT2D eigenvalue weighted by atomic mass is 16.7. The minimum Gasteiger partial charge on any atom is -0.394 e. The summed E-state index contributed by atoms with van der Waals surface area (Å²) in [5.41, 5.74) is 0.632. The average Bonchev–Trinajstić information content (AvgIpc) is 2.59. The number of ketones is 1. The Morgan fingerprint density at radius 1 is 1.26 bits per heavy atom. The highest BCUT2D eigenvalue weighted by Gasteiger charge is 2.44. The van der Waals surface area contributed by atoms with Crippen LogP contribution in [0.15, 0.2) is 23.8 Å². The summed E-state index contributed by atoms with van der Waals surface area (Å²) in [5.74, 6) is 0.0566. The van der Waals surface area contributed by atoms with Gasteiger partial charge < -0.3 is 35.0 Å². The molecule has 0 bridgehead atoms.